The average Bonchev–Trinajstić information content (AvgIpc) is 1.82. The van der Waals surface area contributed by atoms with Gasteiger partial charge in [0.15, 0.2) is 8.03 Å². The van der Waals surface area contributed by atoms with E-state index in [4.69, 9.17) is 4.89 Å². The van der Waals surface area contributed by atoms with Crippen LogP contribution in [0.2, 0.25) is 0 Å². The van der Waals surface area contributed by atoms with E-state index in [0.717, 1.165) is 0 Å². The third-order valence-electron chi connectivity index (χ3n) is 0.755. The number of rotatable bonds is 4. The lowest BCUT2D eigenvalue weighted by molar-refractivity contribution is -0.118. The molecule has 0 bridgehead atoms. The molecule has 0 aromatic heterocycles. The molecule has 5 heteroatoms. The van der Waals surface area contributed by atoms with Gasteiger partial charge in [-0.25, -0.2) is 0 Å². The number of hydrogen-bond donors (Lipinski definition) is 2. The van der Waals surface area contributed by atoms with Crippen molar-refractivity contribution in [1.82, 2.24) is 5.32 Å². The summed E-state index contributed by atoms with van der Waals surface area (Å²) in [4.78, 5) is 18.8. The molecule has 0 spiro atoms. The molecule has 4 nitrogen and oxygen atoms in total. The van der Waals surface area contributed by atoms with Crippen LogP contribution in [0, 0.1) is 0 Å². The first-order valence-electron chi connectivity index (χ1n) is 2.76. The third kappa shape index (κ3) is 5.54. The predicted molar refractivity (Wildman–Crippen MR) is 39.3 cm³/mol. The van der Waals surface area contributed by atoms with Crippen LogP contribution < -0.4 is 5.32 Å². The third-order valence-corrected chi connectivity index (χ3v) is 1.38. The minimum Gasteiger partial charge on any atom is -0.352 e. The number of amides is 1. The van der Waals surface area contributed by atoms with Crippen LogP contribution in [0.15, 0.2) is 12.7 Å². The van der Waals surface area contributed by atoms with Gasteiger partial charge in [0.05, 0.1) is 0 Å². The highest BCUT2D eigenvalue weighted by Crippen LogP contribution is 2.10. The van der Waals surface area contributed by atoms with E-state index in [9.17, 15) is 9.36 Å². The second-order valence-corrected chi connectivity index (χ2v) is 2.80. The van der Waals surface area contributed by atoms with Crippen LogP contribution in [-0.2, 0) is 9.36 Å². The fraction of sp³-hybridized carbons (Fsp3) is 0.400. The van der Waals surface area contributed by atoms with Crippen molar-refractivity contribution in [1.29, 1.82) is 0 Å². The van der Waals surface area contributed by atoms with Crippen LogP contribution in [0.1, 0.15) is 0 Å². The van der Waals surface area contributed by atoms with Crippen molar-refractivity contribution in [3.8, 4) is 0 Å². The molecule has 0 aliphatic carbocycles. The summed E-state index contributed by atoms with van der Waals surface area (Å²) in [7, 11) is -2.66. The Kier molecular flexibility index (Phi) is 4.89. The van der Waals surface area contributed by atoms with Crippen LogP contribution >= 0.6 is 8.03 Å². The highest BCUT2D eigenvalue weighted by atomic mass is 31.1. The molecule has 1 unspecified atom stereocenters. The first-order valence-corrected chi connectivity index (χ1v) is 4.32. The lowest BCUT2D eigenvalue weighted by Gasteiger charge is -1.97. The Hall–Kier alpha value is -0.600. The maximum absolute atomic E-state index is 10.5. The SMILES string of the molecule is C=CCNC(=O)C[PH](=O)O. The maximum Gasteiger partial charge on any atom is 0.229 e. The van der Waals surface area contributed by atoms with E-state index in [0.29, 0.717) is 6.54 Å². The molecule has 0 rings (SSSR count). The maximum atomic E-state index is 10.5. The standard InChI is InChI=1S/C5H10NO3P/c1-2-3-6-5(7)4-10(8)9/h2,10H,1,3-4H2,(H,6,7)(H,8,9). The lowest BCUT2D eigenvalue weighted by atomic mass is 10.6. The van der Waals surface area contributed by atoms with Gasteiger partial charge in [-0.3, -0.25) is 9.36 Å². The fourth-order valence-electron chi connectivity index (χ4n) is 0.386. The summed E-state index contributed by atoms with van der Waals surface area (Å²) < 4.78 is 10.1. The number of carbonyl (C=O) groups excluding carboxylic acids is 1. The second-order valence-electron chi connectivity index (χ2n) is 1.66. The monoisotopic (exact) mass is 163 g/mol. The molecule has 10 heavy (non-hydrogen) atoms. The zero-order valence-electron chi connectivity index (χ0n) is 5.46. The number of carbonyl (C=O) groups is 1. The summed E-state index contributed by atoms with van der Waals surface area (Å²) in [6.45, 7) is 3.71. The van der Waals surface area contributed by atoms with E-state index in [1.54, 1.807) is 0 Å². The Bertz CT molecular complexity index is 157. The van der Waals surface area contributed by atoms with Gasteiger partial charge in [0, 0.05) is 6.54 Å². The first-order chi connectivity index (χ1) is 4.66. The number of hydrogen-bond acceptors (Lipinski definition) is 2. The van der Waals surface area contributed by atoms with Gasteiger partial charge in [-0.05, 0) is 0 Å². The molecular formula is C5H10NO3P. The number of nitrogens with one attached hydrogen (secondary N) is 1. The molecule has 0 radical (unpaired) electrons. The summed E-state index contributed by atoms with van der Waals surface area (Å²) >= 11 is 0. The average molecular weight is 163 g/mol. The second kappa shape index (κ2) is 5.21. The zero-order valence-corrected chi connectivity index (χ0v) is 6.46. The van der Waals surface area contributed by atoms with E-state index in [1.807, 2.05) is 0 Å². The van der Waals surface area contributed by atoms with Crippen molar-refractivity contribution in [2.45, 2.75) is 0 Å². The van der Waals surface area contributed by atoms with E-state index >= 15 is 0 Å². The molecular weight excluding hydrogens is 153 g/mol. The largest absolute Gasteiger partial charge is 0.352 e. The van der Waals surface area contributed by atoms with Crippen LogP contribution in [0.3, 0.4) is 0 Å². The van der Waals surface area contributed by atoms with E-state index < -0.39 is 13.9 Å². The van der Waals surface area contributed by atoms with Gasteiger partial charge in [-0.15, -0.1) is 6.58 Å². The molecule has 0 aromatic carbocycles. The van der Waals surface area contributed by atoms with Crippen molar-refractivity contribution < 1.29 is 14.3 Å². The van der Waals surface area contributed by atoms with E-state index in [1.165, 1.54) is 6.08 Å². The highest BCUT2D eigenvalue weighted by molar-refractivity contribution is 7.39. The molecule has 1 atom stereocenters. The summed E-state index contributed by atoms with van der Waals surface area (Å²) in [6.07, 6.45) is 1.21. The molecule has 58 valence electrons. The smallest absolute Gasteiger partial charge is 0.229 e. The van der Waals surface area contributed by atoms with Crippen LogP contribution in [-0.4, -0.2) is 23.5 Å². The summed E-state index contributed by atoms with van der Waals surface area (Å²) in [5.41, 5.74) is 0. The molecule has 0 aromatic rings. The van der Waals surface area contributed by atoms with Crippen molar-refractivity contribution >= 4 is 13.9 Å². The highest BCUT2D eigenvalue weighted by Gasteiger charge is 2.01. The Morgan fingerprint density at radius 1 is 1.80 bits per heavy atom. The van der Waals surface area contributed by atoms with Gasteiger partial charge in [0.25, 0.3) is 0 Å². The van der Waals surface area contributed by atoms with Gasteiger partial charge < -0.3 is 10.2 Å². The first kappa shape index (κ1) is 9.40. The van der Waals surface area contributed by atoms with Gasteiger partial charge in [0.1, 0.15) is 6.16 Å². The predicted octanol–water partition coefficient (Wildman–Crippen LogP) is -0.244. The summed E-state index contributed by atoms with van der Waals surface area (Å²) in [5, 5.41) is 2.37. The fourth-order valence-corrected chi connectivity index (χ4v) is 0.786. The molecule has 0 aliphatic rings. The van der Waals surface area contributed by atoms with Gasteiger partial charge in [0.2, 0.25) is 5.91 Å². The van der Waals surface area contributed by atoms with Gasteiger partial charge in [-0.1, -0.05) is 6.08 Å². The van der Waals surface area contributed by atoms with Crippen LogP contribution in [0.25, 0.3) is 0 Å². The molecule has 1 amide bonds. The van der Waals surface area contributed by atoms with Crippen molar-refractivity contribution in [3.63, 3.8) is 0 Å². The molecule has 2 N–H and O–H groups in total. The minimum atomic E-state index is -2.66. The van der Waals surface area contributed by atoms with Gasteiger partial charge in [-0.2, -0.15) is 0 Å². The van der Waals surface area contributed by atoms with E-state index in [2.05, 4.69) is 11.9 Å². The minimum absolute atomic E-state index is 0.293. The van der Waals surface area contributed by atoms with Crippen LogP contribution in [0.5, 0.6) is 0 Å². The summed E-state index contributed by atoms with van der Waals surface area (Å²) in [6, 6.07) is 0. The molecule has 0 aliphatic heterocycles. The molecule has 0 fully saturated rings. The van der Waals surface area contributed by atoms with Crippen molar-refractivity contribution in [2.24, 2.45) is 0 Å². The normalized spacial score (nSPS) is 12.1. The molecule has 0 saturated heterocycles. The van der Waals surface area contributed by atoms with Crippen molar-refractivity contribution in [2.75, 3.05) is 12.7 Å². The Morgan fingerprint density at radius 3 is 2.80 bits per heavy atom. The topological polar surface area (TPSA) is 66.4 Å². The molecule has 0 saturated carbocycles. The van der Waals surface area contributed by atoms with Crippen LogP contribution in [0.4, 0.5) is 0 Å². The Balaban J connectivity index is 3.43. The Labute approximate surface area is 59.8 Å². The van der Waals surface area contributed by atoms with E-state index in [-0.39, 0.29) is 6.16 Å². The zero-order chi connectivity index (χ0) is 7.98. The summed E-state index contributed by atoms with van der Waals surface area (Å²) in [5.74, 6) is -0.411. The van der Waals surface area contributed by atoms with Gasteiger partial charge >= 0.3 is 0 Å². The Morgan fingerprint density at radius 2 is 2.40 bits per heavy atom. The molecule has 0 heterocycles. The van der Waals surface area contributed by atoms with Crippen molar-refractivity contribution in [3.05, 3.63) is 12.7 Å². The quantitative estimate of drug-likeness (QED) is 0.443. The lowest BCUT2D eigenvalue weighted by Crippen LogP contribution is -2.24.